The molecule has 1 atom stereocenters. The van der Waals surface area contributed by atoms with Crippen molar-refractivity contribution in [3.05, 3.63) is 205 Å². The lowest BCUT2D eigenvalue weighted by Gasteiger charge is -2.25. The summed E-state index contributed by atoms with van der Waals surface area (Å²) in [5, 5.41) is 13.2. The molecule has 0 fully saturated rings. The Hall–Kier alpha value is -7.34. The minimum absolute atomic E-state index is 0.399. The van der Waals surface area contributed by atoms with Gasteiger partial charge in [0.25, 0.3) is 0 Å². The van der Waals surface area contributed by atoms with Crippen molar-refractivity contribution in [2.24, 2.45) is 9.98 Å². The minimum Gasteiger partial charge on any atom is -0.456 e. The lowest BCUT2D eigenvalue weighted by Crippen LogP contribution is -2.34. The Morgan fingerprint density at radius 2 is 1.10 bits per heavy atom. The third-order valence-electron chi connectivity index (χ3n) is 11.5. The van der Waals surface area contributed by atoms with Crippen molar-refractivity contribution in [2.75, 3.05) is 0 Å². The quantitative estimate of drug-likeness (QED) is 0.190. The SMILES string of the molecule is c1ccc2cc(C3=NC(c4ccc(-c5ccc6ccccc6c5)cc4)NC(c4c(-c5ccc6sc7ccccc7c6c5)ccc5oc6ccccc6c45)=N3)ccc2c1. The van der Waals surface area contributed by atoms with E-state index in [9.17, 15) is 0 Å². The van der Waals surface area contributed by atoms with Crippen LogP contribution in [0.1, 0.15) is 22.9 Å². The van der Waals surface area contributed by atoms with E-state index in [1.54, 1.807) is 0 Å². The van der Waals surface area contributed by atoms with Gasteiger partial charge in [-0.15, -0.1) is 11.3 Å². The number of furan rings is 1. The second-order valence-electron chi connectivity index (χ2n) is 15.0. The van der Waals surface area contributed by atoms with E-state index in [0.29, 0.717) is 5.84 Å². The second kappa shape index (κ2) is 13.1. The Balaban J connectivity index is 1.05. The van der Waals surface area contributed by atoms with Crippen LogP contribution < -0.4 is 5.32 Å². The largest absolute Gasteiger partial charge is 0.456 e. The molecule has 0 saturated carbocycles. The van der Waals surface area contributed by atoms with E-state index >= 15 is 0 Å². The molecule has 0 bridgehead atoms. The topological polar surface area (TPSA) is 49.9 Å². The van der Waals surface area contributed by atoms with Crippen LogP contribution in [0.5, 0.6) is 0 Å². The van der Waals surface area contributed by atoms with E-state index in [-0.39, 0.29) is 0 Å². The van der Waals surface area contributed by atoms with Gasteiger partial charge in [0.2, 0.25) is 0 Å². The summed E-state index contributed by atoms with van der Waals surface area (Å²) in [5.41, 5.74) is 9.20. The lowest BCUT2D eigenvalue weighted by molar-refractivity contribution is 0.668. The van der Waals surface area contributed by atoms with Gasteiger partial charge in [-0.3, -0.25) is 0 Å². The number of aliphatic imine (C=N–C) groups is 2. The maximum absolute atomic E-state index is 6.53. The fourth-order valence-electron chi connectivity index (χ4n) is 8.63. The average Bonchev–Trinajstić information content (AvgIpc) is 3.86. The number of fused-ring (bicyclic) bond motifs is 8. The molecule has 1 unspecified atom stereocenters. The molecule has 3 heterocycles. The maximum Gasteiger partial charge on any atom is 0.159 e. The predicted molar refractivity (Wildman–Crippen MR) is 244 cm³/mol. The van der Waals surface area contributed by atoms with Gasteiger partial charge in [0.05, 0.1) is 0 Å². The second-order valence-corrected chi connectivity index (χ2v) is 16.1. The monoisotopic (exact) mass is 759 g/mol. The van der Waals surface area contributed by atoms with Crippen LogP contribution in [0.3, 0.4) is 0 Å². The highest BCUT2D eigenvalue weighted by atomic mass is 32.1. The first-order chi connectivity index (χ1) is 28.7. The van der Waals surface area contributed by atoms with Crippen molar-refractivity contribution >= 4 is 86.7 Å². The highest BCUT2D eigenvalue weighted by molar-refractivity contribution is 7.25. The lowest BCUT2D eigenvalue weighted by atomic mass is 9.93. The normalized spacial score (nSPS) is 14.4. The predicted octanol–water partition coefficient (Wildman–Crippen LogP) is 14.1. The highest BCUT2D eigenvalue weighted by Gasteiger charge is 2.27. The van der Waals surface area contributed by atoms with Crippen molar-refractivity contribution in [2.45, 2.75) is 6.17 Å². The standard InChI is InChI=1S/C53H33N3OS/c1-3-11-36-29-38(23-19-32(36)9-1)34-17-21-35(22-18-34)51-54-52(40-24-20-33-10-2-4-12-37(33)30-40)56-53(55-51)50-41(26-27-46-49(50)43-14-5-7-15-45(43)57-46)39-25-28-48-44(31-39)42-13-6-8-16-47(42)58-48/h1-31,51H,(H,54,55,56). The molecule has 4 nitrogen and oxygen atoms in total. The van der Waals surface area contributed by atoms with Gasteiger partial charge in [0, 0.05) is 42.1 Å². The Morgan fingerprint density at radius 3 is 1.91 bits per heavy atom. The van der Waals surface area contributed by atoms with E-state index in [2.05, 4.69) is 181 Å². The fourth-order valence-corrected chi connectivity index (χ4v) is 9.71. The summed E-state index contributed by atoms with van der Waals surface area (Å²) in [5.74, 6) is 1.43. The van der Waals surface area contributed by atoms with Crippen molar-refractivity contribution in [1.29, 1.82) is 0 Å². The third-order valence-corrected chi connectivity index (χ3v) is 12.7. The van der Waals surface area contributed by atoms with Gasteiger partial charge >= 0.3 is 0 Å². The number of hydrogen-bond donors (Lipinski definition) is 1. The van der Waals surface area contributed by atoms with E-state index in [1.807, 2.05) is 23.5 Å². The zero-order valence-corrected chi connectivity index (χ0v) is 32.0. The molecule has 58 heavy (non-hydrogen) atoms. The van der Waals surface area contributed by atoms with Crippen molar-refractivity contribution in [1.82, 2.24) is 5.32 Å². The summed E-state index contributed by atoms with van der Waals surface area (Å²) >= 11 is 1.83. The molecule has 1 aliphatic rings. The van der Waals surface area contributed by atoms with Gasteiger partial charge in [-0.2, -0.15) is 0 Å². The first kappa shape index (κ1) is 32.9. The molecular formula is C53H33N3OS. The number of hydrogen-bond acceptors (Lipinski definition) is 5. The Labute approximate surface area is 338 Å². The molecule has 0 amide bonds. The molecule has 5 heteroatoms. The molecule has 11 aromatic rings. The molecule has 12 rings (SSSR count). The number of nitrogens with one attached hydrogen (secondary N) is 1. The minimum atomic E-state index is -0.399. The molecule has 0 saturated heterocycles. The van der Waals surface area contributed by atoms with Gasteiger partial charge in [-0.25, -0.2) is 9.98 Å². The molecular weight excluding hydrogens is 727 g/mol. The Bertz CT molecular complexity index is 3500. The molecule has 0 radical (unpaired) electrons. The summed E-state index contributed by atoms with van der Waals surface area (Å²) in [6.07, 6.45) is -0.399. The van der Waals surface area contributed by atoms with Crippen LogP contribution in [-0.2, 0) is 0 Å². The number of benzene rings is 9. The molecule has 1 N–H and O–H groups in total. The number of rotatable bonds is 5. The summed E-state index contributed by atoms with van der Waals surface area (Å²) in [4.78, 5) is 10.8. The number of nitrogens with zero attached hydrogens (tertiary/aromatic N) is 2. The van der Waals surface area contributed by atoms with Gasteiger partial charge in [-0.05, 0) is 97.9 Å². The van der Waals surface area contributed by atoms with Crippen LogP contribution in [0, 0.1) is 0 Å². The molecule has 1 aliphatic heterocycles. The van der Waals surface area contributed by atoms with Crippen LogP contribution in [0.25, 0.3) is 85.9 Å². The molecule has 9 aromatic carbocycles. The first-order valence-electron chi connectivity index (χ1n) is 19.6. The van der Waals surface area contributed by atoms with Gasteiger partial charge in [0.1, 0.15) is 23.2 Å². The van der Waals surface area contributed by atoms with Gasteiger partial charge < -0.3 is 9.73 Å². The first-order valence-corrected chi connectivity index (χ1v) is 20.4. The van der Waals surface area contributed by atoms with E-state index < -0.39 is 6.17 Å². The fraction of sp³-hybridized carbons (Fsp3) is 0.0189. The summed E-state index contributed by atoms with van der Waals surface area (Å²) in [6, 6.07) is 67.0. The molecule has 0 aliphatic carbocycles. The molecule has 0 spiro atoms. The number of thiophene rings is 1. The van der Waals surface area contributed by atoms with Crippen LogP contribution >= 0.6 is 11.3 Å². The smallest absolute Gasteiger partial charge is 0.159 e. The van der Waals surface area contributed by atoms with Crippen LogP contribution in [0.4, 0.5) is 0 Å². The van der Waals surface area contributed by atoms with Gasteiger partial charge in [0.15, 0.2) is 5.84 Å². The van der Waals surface area contributed by atoms with E-state index in [0.717, 1.165) is 66.5 Å². The number of para-hydroxylation sites is 1. The highest BCUT2D eigenvalue weighted by Crippen LogP contribution is 2.41. The van der Waals surface area contributed by atoms with Crippen molar-refractivity contribution in [3.8, 4) is 22.3 Å². The van der Waals surface area contributed by atoms with Crippen LogP contribution in [0.15, 0.2) is 202 Å². The van der Waals surface area contributed by atoms with Crippen molar-refractivity contribution < 1.29 is 4.42 Å². The van der Waals surface area contributed by atoms with Crippen molar-refractivity contribution in [3.63, 3.8) is 0 Å². The van der Waals surface area contributed by atoms with Gasteiger partial charge in [-0.1, -0.05) is 140 Å². The van der Waals surface area contributed by atoms with E-state index in [4.69, 9.17) is 14.4 Å². The zero-order valence-electron chi connectivity index (χ0n) is 31.2. The summed E-state index contributed by atoms with van der Waals surface area (Å²) < 4.78 is 9.09. The average molecular weight is 760 g/mol. The van der Waals surface area contributed by atoms with E-state index in [1.165, 1.54) is 41.9 Å². The summed E-state index contributed by atoms with van der Waals surface area (Å²) in [7, 11) is 0. The third kappa shape index (κ3) is 5.43. The Morgan fingerprint density at radius 1 is 0.466 bits per heavy atom. The molecule has 272 valence electrons. The zero-order chi connectivity index (χ0) is 38.2. The van der Waals surface area contributed by atoms with Crippen LogP contribution in [0.2, 0.25) is 0 Å². The van der Waals surface area contributed by atoms with Crippen LogP contribution in [-0.4, -0.2) is 11.7 Å². The molecule has 2 aromatic heterocycles. The Kier molecular flexibility index (Phi) is 7.43. The maximum atomic E-state index is 6.53. The number of amidine groups is 2. The summed E-state index contributed by atoms with van der Waals surface area (Å²) in [6.45, 7) is 0.